The predicted octanol–water partition coefficient (Wildman–Crippen LogP) is 1.000. The van der Waals surface area contributed by atoms with E-state index in [4.69, 9.17) is 4.52 Å². The Kier molecular flexibility index (Phi) is 3.88. The molecule has 112 valence electrons. The van der Waals surface area contributed by atoms with Crippen LogP contribution in [0.1, 0.15) is 31.2 Å². The molecule has 0 bridgehead atoms. The number of hydrogen-bond donors (Lipinski definition) is 1. The summed E-state index contributed by atoms with van der Waals surface area (Å²) < 4.78 is 30.7. The molecule has 0 saturated carbocycles. The van der Waals surface area contributed by atoms with Gasteiger partial charge in [0.05, 0.1) is 5.41 Å². The molecular weight excluding hydrogens is 284 g/mol. The van der Waals surface area contributed by atoms with Gasteiger partial charge in [-0.2, -0.15) is 0 Å². The second-order valence-electron chi connectivity index (χ2n) is 5.21. The van der Waals surface area contributed by atoms with Crippen molar-refractivity contribution in [3.05, 3.63) is 17.5 Å². The van der Waals surface area contributed by atoms with Crippen LogP contribution in [0.3, 0.4) is 0 Å². The molecular formula is C12H18N2O5S. The lowest BCUT2D eigenvalue weighted by Crippen LogP contribution is -2.37. The standard InChI is InChI=1S/C12H18N2O5S/c1-3-12(11(15)16)4-5-14(8-12)20(17,18)7-10-6-9(2)19-13-10/h6H,3-5,7-8H2,1-2H3,(H,15,16). The van der Waals surface area contributed by atoms with E-state index in [0.29, 0.717) is 24.3 Å². The smallest absolute Gasteiger partial charge is 0.311 e. The van der Waals surface area contributed by atoms with Gasteiger partial charge in [0.1, 0.15) is 17.2 Å². The summed E-state index contributed by atoms with van der Waals surface area (Å²) in [7, 11) is -3.57. The highest BCUT2D eigenvalue weighted by molar-refractivity contribution is 7.88. The Morgan fingerprint density at radius 3 is 2.75 bits per heavy atom. The van der Waals surface area contributed by atoms with Gasteiger partial charge in [-0.3, -0.25) is 4.79 Å². The minimum Gasteiger partial charge on any atom is -0.481 e. The third kappa shape index (κ3) is 2.71. The van der Waals surface area contributed by atoms with E-state index < -0.39 is 21.4 Å². The molecule has 8 heteroatoms. The average molecular weight is 302 g/mol. The van der Waals surface area contributed by atoms with E-state index in [1.165, 1.54) is 4.31 Å². The van der Waals surface area contributed by atoms with Gasteiger partial charge < -0.3 is 9.63 Å². The van der Waals surface area contributed by atoms with Crippen molar-refractivity contribution in [3.8, 4) is 0 Å². The maximum Gasteiger partial charge on any atom is 0.311 e. The van der Waals surface area contributed by atoms with E-state index in [1.54, 1.807) is 19.9 Å². The first kappa shape index (κ1) is 15.0. The summed E-state index contributed by atoms with van der Waals surface area (Å²) in [6.07, 6.45) is 0.757. The van der Waals surface area contributed by atoms with Gasteiger partial charge in [-0.15, -0.1) is 0 Å². The molecule has 0 radical (unpaired) electrons. The van der Waals surface area contributed by atoms with Gasteiger partial charge in [0.15, 0.2) is 0 Å². The van der Waals surface area contributed by atoms with Gasteiger partial charge in [0.2, 0.25) is 10.0 Å². The van der Waals surface area contributed by atoms with Crippen molar-refractivity contribution < 1.29 is 22.8 Å². The van der Waals surface area contributed by atoms with Gasteiger partial charge >= 0.3 is 5.97 Å². The summed E-state index contributed by atoms with van der Waals surface area (Å²) in [4.78, 5) is 11.3. The van der Waals surface area contributed by atoms with Crippen LogP contribution in [-0.4, -0.2) is 42.0 Å². The van der Waals surface area contributed by atoms with Crippen LogP contribution in [0.5, 0.6) is 0 Å². The summed E-state index contributed by atoms with van der Waals surface area (Å²) in [6, 6.07) is 1.57. The lowest BCUT2D eigenvalue weighted by molar-refractivity contribution is -0.148. The largest absolute Gasteiger partial charge is 0.481 e. The van der Waals surface area contributed by atoms with Crippen LogP contribution >= 0.6 is 0 Å². The summed E-state index contributed by atoms with van der Waals surface area (Å²) in [6.45, 7) is 3.72. The molecule has 1 aliphatic heterocycles. The van der Waals surface area contributed by atoms with Gasteiger partial charge in [-0.25, -0.2) is 12.7 Å². The molecule has 1 fully saturated rings. The average Bonchev–Trinajstić information content (AvgIpc) is 2.96. The Bertz CT molecular complexity index is 609. The van der Waals surface area contributed by atoms with E-state index >= 15 is 0 Å². The van der Waals surface area contributed by atoms with Crippen LogP contribution in [0.15, 0.2) is 10.6 Å². The first-order valence-corrected chi connectivity index (χ1v) is 8.03. The molecule has 1 N–H and O–H groups in total. The van der Waals surface area contributed by atoms with Crippen LogP contribution < -0.4 is 0 Å². The molecule has 20 heavy (non-hydrogen) atoms. The van der Waals surface area contributed by atoms with E-state index in [2.05, 4.69) is 5.16 Å². The molecule has 2 rings (SSSR count). The second kappa shape index (κ2) is 5.17. The monoisotopic (exact) mass is 302 g/mol. The highest BCUT2D eigenvalue weighted by Crippen LogP contribution is 2.36. The summed E-state index contributed by atoms with van der Waals surface area (Å²) in [5, 5.41) is 13.0. The number of nitrogens with zero attached hydrogens (tertiary/aromatic N) is 2. The number of aromatic nitrogens is 1. The number of sulfonamides is 1. The summed E-state index contributed by atoms with van der Waals surface area (Å²) in [5.74, 6) is -0.649. The number of aliphatic carboxylic acids is 1. The quantitative estimate of drug-likeness (QED) is 0.870. The molecule has 0 aliphatic carbocycles. The molecule has 7 nitrogen and oxygen atoms in total. The molecule has 1 saturated heterocycles. The second-order valence-corrected chi connectivity index (χ2v) is 7.18. The minimum absolute atomic E-state index is 0.0258. The van der Waals surface area contributed by atoms with Gasteiger partial charge in [-0.05, 0) is 19.8 Å². The highest BCUT2D eigenvalue weighted by atomic mass is 32.2. The van der Waals surface area contributed by atoms with Crippen LogP contribution in [0, 0.1) is 12.3 Å². The van der Waals surface area contributed by atoms with Crippen molar-refractivity contribution in [1.82, 2.24) is 9.46 Å². The Labute approximate surface area is 117 Å². The Morgan fingerprint density at radius 1 is 1.60 bits per heavy atom. The number of carboxylic acids is 1. The number of carboxylic acid groups (broad SMARTS) is 1. The van der Waals surface area contributed by atoms with Crippen LogP contribution in [-0.2, 0) is 20.6 Å². The third-order valence-corrected chi connectivity index (χ3v) is 5.61. The van der Waals surface area contributed by atoms with Gasteiger partial charge in [0.25, 0.3) is 0 Å². The Morgan fingerprint density at radius 2 is 2.30 bits per heavy atom. The number of hydrogen-bond acceptors (Lipinski definition) is 5. The maximum absolute atomic E-state index is 12.3. The molecule has 2 heterocycles. The number of carbonyl (C=O) groups is 1. The molecule has 1 atom stereocenters. The molecule has 0 spiro atoms. The zero-order valence-electron chi connectivity index (χ0n) is 11.5. The van der Waals surface area contributed by atoms with Crippen LogP contribution in [0.4, 0.5) is 0 Å². The fourth-order valence-electron chi connectivity index (χ4n) is 2.45. The molecule has 0 amide bonds. The van der Waals surface area contributed by atoms with Crippen LogP contribution in [0.2, 0.25) is 0 Å². The SMILES string of the molecule is CCC1(C(=O)O)CCN(S(=O)(=O)Cc2cc(C)on2)C1. The summed E-state index contributed by atoms with van der Waals surface area (Å²) in [5.41, 5.74) is -0.626. The topological polar surface area (TPSA) is 101 Å². The molecule has 1 unspecified atom stereocenters. The molecule has 1 aromatic heterocycles. The lowest BCUT2D eigenvalue weighted by Gasteiger charge is -2.22. The van der Waals surface area contributed by atoms with Crippen molar-refractivity contribution in [3.63, 3.8) is 0 Å². The lowest BCUT2D eigenvalue weighted by atomic mass is 9.85. The minimum atomic E-state index is -3.57. The predicted molar refractivity (Wildman–Crippen MR) is 70.4 cm³/mol. The Balaban J connectivity index is 2.14. The van der Waals surface area contributed by atoms with E-state index in [0.717, 1.165) is 0 Å². The molecule has 1 aromatic rings. The summed E-state index contributed by atoms with van der Waals surface area (Å²) >= 11 is 0. The van der Waals surface area contributed by atoms with Crippen LogP contribution in [0.25, 0.3) is 0 Å². The molecule has 0 aromatic carbocycles. The first-order valence-electron chi connectivity index (χ1n) is 6.42. The fourth-order valence-corrected chi connectivity index (χ4v) is 3.96. The zero-order valence-corrected chi connectivity index (χ0v) is 12.3. The molecule has 1 aliphatic rings. The highest BCUT2D eigenvalue weighted by Gasteiger charge is 2.46. The van der Waals surface area contributed by atoms with Crippen molar-refractivity contribution >= 4 is 16.0 Å². The van der Waals surface area contributed by atoms with Crippen molar-refractivity contribution in [2.45, 2.75) is 32.4 Å². The third-order valence-electron chi connectivity index (χ3n) is 3.85. The van der Waals surface area contributed by atoms with Gasteiger partial charge in [0, 0.05) is 19.2 Å². The number of aryl methyl sites for hydroxylation is 1. The zero-order chi connectivity index (χ0) is 15.0. The van der Waals surface area contributed by atoms with Crippen molar-refractivity contribution in [2.75, 3.05) is 13.1 Å². The maximum atomic E-state index is 12.3. The van der Waals surface area contributed by atoms with E-state index in [1.807, 2.05) is 0 Å². The Hall–Kier alpha value is -1.41. The first-order chi connectivity index (χ1) is 9.29. The van der Waals surface area contributed by atoms with Crippen molar-refractivity contribution in [1.29, 1.82) is 0 Å². The normalized spacial score (nSPS) is 24.1. The van der Waals surface area contributed by atoms with E-state index in [-0.39, 0.29) is 18.8 Å². The fraction of sp³-hybridized carbons (Fsp3) is 0.667. The number of rotatable bonds is 5. The van der Waals surface area contributed by atoms with E-state index in [9.17, 15) is 18.3 Å². The van der Waals surface area contributed by atoms with Crippen molar-refractivity contribution in [2.24, 2.45) is 5.41 Å². The van der Waals surface area contributed by atoms with Gasteiger partial charge in [-0.1, -0.05) is 12.1 Å².